The van der Waals surface area contributed by atoms with Crippen LogP contribution in [0, 0.1) is 0 Å². The van der Waals surface area contributed by atoms with Gasteiger partial charge < -0.3 is 14.7 Å². The van der Waals surface area contributed by atoms with Crippen LogP contribution in [-0.2, 0) is 0 Å². The first-order valence-electron chi connectivity index (χ1n) is 8.93. The zero-order valence-electron chi connectivity index (χ0n) is 14.9. The zero-order chi connectivity index (χ0) is 18.1. The average Bonchev–Trinajstić information content (AvgIpc) is 3.32. The lowest BCUT2D eigenvalue weighted by Crippen LogP contribution is -2.41. The maximum Gasteiger partial charge on any atom is 0.321 e. The molecule has 1 aliphatic heterocycles. The summed E-state index contributed by atoms with van der Waals surface area (Å²) in [5.41, 5.74) is 1.56. The van der Waals surface area contributed by atoms with Crippen LogP contribution >= 0.6 is 0 Å². The summed E-state index contributed by atoms with van der Waals surface area (Å²) in [6.07, 6.45) is 3.59. The fourth-order valence-corrected chi connectivity index (χ4v) is 3.28. The van der Waals surface area contributed by atoms with E-state index in [0.29, 0.717) is 24.8 Å². The van der Waals surface area contributed by atoms with E-state index >= 15 is 0 Å². The Balaban J connectivity index is 1.47. The van der Waals surface area contributed by atoms with Crippen LogP contribution < -0.4 is 5.32 Å². The number of H-pyrrole nitrogens is 1. The Kier molecular flexibility index (Phi) is 4.32. The molecule has 1 atom stereocenters. The number of anilines is 1. The third kappa shape index (κ3) is 3.14. The Hall–Kier alpha value is -2.90. The summed E-state index contributed by atoms with van der Waals surface area (Å²) in [5, 5.41) is 15.0. The predicted octanol–water partition coefficient (Wildman–Crippen LogP) is 3.48. The molecule has 0 radical (unpaired) electrons. The molecule has 0 aliphatic carbocycles. The summed E-state index contributed by atoms with van der Waals surface area (Å²) in [4.78, 5) is 19.0. The molecule has 2 amide bonds. The van der Waals surface area contributed by atoms with Gasteiger partial charge in [0.1, 0.15) is 0 Å². The second-order valence-corrected chi connectivity index (χ2v) is 7.00. The first-order chi connectivity index (χ1) is 12.6. The van der Waals surface area contributed by atoms with Gasteiger partial charge in [-0.2, -0.15) is 10.1 Å². The normalized spacial score (nSPS) is 17.8. The van der Waals surface area contributed by atoms with Gasteiger partial charge in [-0.25, -0.2) is 4.79 Å². The van der Waals surface area contributed by atoms with E-state index in [0.717, 1.165) is 29.4 Å². The molecule has 1 aliphatic rings. The van der Waals surface area contributed by atoms with Crippen LogP contribution in [0.3, 0.4) is 0 Å². The van der Waals surface area contributed by atoms with Crippen LogP contribution in [0.4, 0.5) is 10.5 Å². The summed E-state index contributed by atoms with van der Waals surface area (Å²) in [7, 11) is 0. The smallest absolute Gasteiger partial charge is 0.321 e. The zero-order valence-corrected chi connectivity index (χ0v) is 14.9. The number of fused-ring (bicyclic) bond motifs is 1. The van der Waals surface area contributed by atoms with E-state index in [1.165, 1.54) is 0 Å². The summed E-state index contributed by atoms with van der Waals surface area (Å²) >= 11 is 0. The third-order valence-corrected chi connectivity index (χ3v) is 4.75. The number of hydrogen-bond acceptors (Lipinski definition) is 5. The molecule has 1 fully saturated rings. The van der Waals surface area contributed by atoms with Gasteiger partial charge in [0.25, 0.3) is 0 Å². The van der Waals surface area contributed by atoms with Crippen LogP contribution in [-0.4, -0.2) is 44.4 Å². The quantitative estimate of drug-likeness (QED) is 0.750. The molecule has 1 aromatic carbocycles. The first-order valence-corrected chi connectivity index (χ1v) is 8.93. The van der Waals surface area contributed by atoms with Crippen LogP contribution in [0.2, 0.25) is 0 Å². The number of hydrogen-bond donors (Lipinski definition) is 2. The SMILES string of the molecule is CC(C)c1noc(C2CCCN(C(=O)Nc3cccc4cn[nH]c34)C2)n1. The molecule has 0 saturated carbocycles. The molecular weight excluding hydrogens is 332 g/mol. The van der Waals surface area contributed by atoms with Crippen molar-refractivity contribution in [2.45, 2.75) is 38.5 Å². The Labute approximate surface area is 151 Å². The van der Waals surface area contributed by atoms with Gasteiger partial charge in [0.15, 0.2) is 5.82 Å². The Morgan fingerprint density at radius 3 is 3.12 bits per heavy atom. The Morgan fingerprint density at radius 2 is 2.31 bits per heavy atom. The number of piperidine rings is 1. The molecular formula is C18H22N6O2. The largest absolute Gasteiger partial charge is 0.339 e. The standard InChI is InChI=1S/C18H22N6O2/c1-11(2)16-21-17(26-23-16)13-6-4-8-24(10-13)18(25)20-14-7-3-5-12-9-19-22-15(12)14/h3,5,7,9,11,13H,4,6,8,10H2,1-2H3,(H,19,22)(H,20,25). The average molecular weight is 354 g/mol. The molecule has 2 N–H and O–H groups in total. The van der Waals surface area contributed by atoms with Crippen molar-refractivity contribution in [3.63, 3.8) is 0 Å². The monoisotopic (exact) mass is 354 g/mol. The lowest BCUT2D eigenvalue weighted by Gasteiger charge is -2.31. The number of aromatic amines is 1. The van der Waals surface area contributed by atoms with Gasteiger partial charge in [0, 0.05) is 24.4 Å². The van der Waals surface area contributed by atoms with Crippen molar-refractivity contribution < 1.29 is 9.32 Å². The second-order valence-electron chi connectivity index (χ2n) is 7.00. The van der Waals surface area contributed by atoms with Crippen molar-refractivity contribution in [2.75, 3.05) is 18.4 Å². The van der Waals surface area contributed by atoms with Crippen LogP contribution in [0.15, 0.2) is 28.9 Å². The Bertz CT molecular complexity index is 915. The van der Waals surface area contributed by atoms with E-state index in [9.17, 15) is 4.79 Å². The van der Waals surface area contributed by atoms with E-state index in [1.807, 2.05) is 36.9 Å². The topological polar surface area (TPSA) is 99.9 Å². The number of aromatic nitrogens is 4. The third-order valence-electron chi connectivity index (χ3n) is 4.75. The fraction of sp³-hybridized carbons (Fsp3) is 0.444. The molecule has 1 saturated heterocycles. The summed E-state index contributed by atoms with van der Waals surface area (Å²) < 4.78 is 5.43. The number of amides is 2. The molecule has 2 aromatic heterocycles. The Morgan fingerprint density at radius 1 is 1.42 bits per heavy atom. The molecule has 8 heteroatoms. The van der Waals surface area contributed by atoms with E-state index < -0.39 is 0 Å². The number of rotatable bonds is 3. The van der Waals surface area contributed by atoms with E-state index in [1.54, 1.807) is 6.20 Å². The first kappa shape index (κ1) is 16.6. The second kappa shape index (κ2) is 6.78. The maximum atomic E-state index is 12.7. The highest BCUT2D eigenvalue weighted by Gasteiger charge is 2.29. The van der Waals surface area contributed by atoms with Crippen molar-refractivity contribution in [1.82, 2.24) is 25.2 Å². The molecule has 0 bridgehead atoms. The van der Waals surface area contributed by atoms with Gasteiger partial charge in [-0.15, -0.1) is 0 Å². The van der Waals surface area contributed by atoms with Crippen molar-refractivity contribution in [3.05, 3.63) is 36.1 Å². The molecule has 26 heavy (non-hydrogen) atoms. The minimum atomic E-state index is -0.125. The highest BCUT2D eigenvalue weighted by molar-refractivity contribution is 5.99. The number of nitrogens with one attached hydrogen (secondary N) is 2. The van der Waals surface area contributed by atoms with E-state index in [2.05, 4.69) is 25.7 Å². The summed E-state index contributed by atoms with van der Waals surface area (Å²) in [6, 6.07) is 5.60. The number of likely N-dealkylation sites (tertiary alicyclic amines) is 1. The van der Waals surface area contributed by atoms with E-state index in [4.69, 9.17) is 4.52 Å². The van der Waals surface area contributed by atoms with Gasteiger partial charge in [-0.05, 0) is 18.9 Å². The van der Waals surface area contributed by atoms with Gasteiger partial charge in [0.2, 0.25) is 5.89 Å². The molecule has 3 heterocycles. The predicted molar refractivity (Wildman–Crippen MR) is 97.0 cm³/mol. The van der Waals surface area contributed by atoms with Crippen LogP contribution in [0.5, 0.6) is 0 Å². The minimum Gasteiger partial charge on any atom is -0.339 e. The van der Waals surface area contributed by atoms with Crippen molar-refractivity contribution in [1.29, 1.82) is 0 Å². The maximum absolute atomic E-state index is 12.7. The number of carbonyl (C=O) groups is 1. The molecule has 8 nitrogen and oxygen atoms in total. The van der Waals surface area contributed by atoms with E-state index in [-0.39, 0.29) is 17.9 Å². The molecule has 0 spiro atoms. The highest BCUT2D eigenvalue weighted by atomic mass is 16.5. The molecule has 1 unspecified atom stereocenters. The van der Waals surface area contributed by atoms with Gasteiger partial charge in [0.05, 0.1) is 23.3 Å². The lowest BCUT2D eigenvalue weighted by molar-refractivity contribution is 0.184. The molecule has 4 rings (SSSR count). The van der Waals surface area contributed by atoms with Crippen molar-refractivity contribution in [2.24, 2.45) is 0 Å². The summed E-state index contributed by atoms with van der Waals surface area (Å²) in [6.45, 7) is 5.35. The number of benzene rings is 1. The van der Waals surface area contributed by atoms with Crippen LogP contribution in [0.25, 0.3) is 10.9 Å². The lowest BCUT2D eigenvalue weighted by atomic mass is 9.98. The van der Waals surface area contributed by atoms with Crippen molar-refractivity contribution in [3.8, 4) is 0 Å². The molecule has 136 valence electrons. The molecule has 3 aromatic rings. The number of urea groups is 1. The number of carbonyl (C=O) groups excluding carboxylic acids is 1. The van der Waals surface area contributed by atoms with Crippen molar-refractivity contribution >= 4 is 22.6 Å². The van der Waals surface area contributed by atoms with Crippen LogP contribution in [0.1, 0.15) is 50.2 Å². The summed E-state index contributed by atoms with van der Waals surface area (Å²) in [5.74, 6) is 1.65. The highest BCUT2D eigenvalue weighted by Crippen LogP contribution is 2.28. The van der Waals surface area contributed by atoms with Gasteiger partial charge in [-0.1, -0.05) is 31.1 Å². The minimum absolute atomic E-state index is 0.0810. The fourth-order valence-electron chi connectivity index (χ4n) is 3.28. The van der Waals surface area contributed by atoms with Gasteiger partial charge in [-0.3, -0.25) is 5.10 Å². The number of nitrogens with zero attached hydrogens (tertiary/aromatic N) is 4. The van der Waals surface area contributed by atoms with Gasteiger partial charge >= 0.3 is 6.03 Å². The number of para-hydroxylation sites is 1.